The summed E-state index contributed by atoms with van der Waals surface area (Å²) in [4.78, 5) is 26.0. The van der Waals surface area contributed by atoms with Crippen LogP contribution in [0.2, 0.25) is 0 Å². The molecule has 8 nitrogen and oxygen atoms in total. The van der Waals surface area contributed by atoms with E-state index in [1.54, 1.807) is 6.07 Å². The van der Waals surface area contributed by atoms with Crippen molar-refractivity contribution in [1.29, 1.82) is 0 Å². The number of phenolic OH excluding ortho intramolecular Hbond substituents is 1. The molecule has 0 aliphatic carbocycles. The molecule has 0 amide bonds. The van der Waals surface area contributed by atoms with Crippen molar-refractivity contribution < 1.29 is 10.0 Å². The van der Waals surface area contributed by atoms with Crippen LogP contribution in [0.4, 0.5) is 5.69 Å². The lowest BCUT2D eigenvalue weighted by molar-refractivity contribution is -0.382. The van der Waals surface area contributed by atoms with E-state index in [1.807, 2.05) is 4.68 Å². The SMILES string of the molecule is CCN(CC)CCn1[nH]c2c3c(=O)ccc(O)c3sc3c([N+](=O)[O-])ccc1c32. The zero-order valence-electron chi connectivity index (χ0n) is 15.6. The number of rotatable bonds is 6. The number of nitrogens with zero attached hydrogens (tertiary/aromatic N) is 3. The first kappa shape index (κ1) is 18.5. The lowest BCUT2D eigenvalue weighted by Gasteiger charge is -2.18. The second kappa shape index (κ2) is 6.92. The molecule has 0 atom stereocenters. The van der Waals surface area contributed by atoms with E-state index in [0.717, 1.165) is 36.5 Å². The molecular weight excluding hydrogens is 380 g/mol. The molecule has 0 spiro atoms. The minimum Gasteiger partial charge on any atom is -0.506 e. The number of fused-ring (bicyclic) bond motifs is 2. The van der Waals surface area contributed by atoms with Crippen LogP contribution in [-0.2, 0) is 6.54 Å². The third-order valence-corrected chi connectivity index (χ3v) is 6.42. The van der Waals surface area contributed by atoms with Gasteiger partial charge in [0, 0.05) is 18.0 Å². The van der Waals surface area contributed by atoms with Gasteiger partial charge in [-0.15, -0.1) is 11.3 Å². The van der Waals surface area contributed by atoms with Crippen LogP contribution in [0.5, 0.6) is 5.75 Å². The molecule has 2 aromatic heterocycles. The van der Waals surface area contributed by atoms with E-state index < -0.39 is 4.92 Å². The van der Waals surface area contributed by atoms with Gasteiger partial charge in [-0.3, -0.25) is 24.7 Å². The zero-order chi connectivity index (χ0) is 20.0. The third kappa shape index (κ3) is 2.74. The molecule has 4 aromatic rings. The number of aromatic nitrogens is 2. The predicted molar refractivity (Wildman–Crippen MR) is 112 cm³/mol. The molecule has 0 bridgehead atoms. The van der Waals surface area contributed by atoms with Crippen LogP contribution in [0.15, 0.2) is 29.1 Å². The minimum absolute atomic E-state index is 0.0324. The summed E-state index contributed by atoms with van der Waals surface area (Å²) >= 11 is 1.08. The summed E-state index contributed by atoms with van der Waals surface area (Å²) in [5.74, 6) is -0.0548. The smallest absolute Gasteiger partial charge is 0.287 e. The van der Waals surface area contributed by atoms with Gasteiger partial charge < -0.3 is 10.0 Å². The summed E-state index contributed by atoms with van der Waals surface area (Å²) < 4.78 is 2.73. The van der Waals surface area contributed by atoms with Gasteiger partial charge in [0.15, 0.2) is 5.43 Å². The van der Waals surface area contributed by atoms with Crippen molar-refractivity contribution in [3.8, 4) is 5.75 Å². The van der Waals surface area contributed by atoms with Gasteiger partial charge in [-0.1, -0.05) is 13.8 Å². The fourth-order valence-corrected chi connectivity index (χ4v) is 4.90. The number of nitrogens with one attached hydrogen (secondary N) is 1. The van der Waals surface area contributed by atoms with E-state index in [1.165, 1.54) is 18.2 Å². The molecule has 0 radical (unpaired) electrons. The van der Waals surface area contributed by atoms with Crippen molar-refractivity contribution in [3.63, 3.8) is 0 Å². The van der Waals surface area contributed by atoms with Crippen LogP contribution in [-0.4, -0.2) is 44.3 Å². The summed E-state index contributed by atoms with van der Waals surface area (Å²) in [6, 6.07) is 5.86. The summed E-state index contributed by atoms with van der Waals surface area (Å²) in [5.41, 5.74) is 1.08. The molecule has 0 aliphatic heterocycles. The quantitative estimate of drug-likeness (QED) is 0.292. The predicted octanol–water partition coefficient (Wildman–Crippen LogP) is 3.65. The molecule has 4 rings (SSSR count). The van der Waals surface area contributed by atoms with Gasteiger partial charge in [0.1, 0.15) is 10.4 Å². The lowest BCUT2D eigenvalue weighted by Crippen LogP contribution is -2.27. The second-order valence-corrected chi connectivity index (χ2v) is 7.64. The largest absolute Gasteiger partial charge is 0.506 e. The number of phenols is 1. The van der Waals surface area contributed by atoms with Crippen molar-refractivity contribution in [2.24, 2.45) is 0 Å². The highest BCUT2D eigenvalue weighted by molar-refractivity contribution is 7.25. The van der Waals surface area contributed by atoms with Gasteiger partial charge in [0.2, 0.25) is 0 Å². The van der Waals surface area contributed by atoms with Crippen LogP contribution in [0.25, 0.3) is 31.2 Å². The van der Waals surface area contributed by atoms with Crippen LogP contribution in [0, 0.1) is 10.1 Å². The first-order valence-corrected chi connectivity index (χ1v) is 9.94. The first-order valence-electron chi connectivity index (χ1n) is 9.12. The Morgan fingerprint density at radius 1 is 1.18 bits per heavy atom. The second-order valence-electron chi connectivity index (χ2n) is 6.62. The van der Waals surface area contributed by atoms with Gasteiger partial charge in [-0.25, -0.2) is 0 Å². The van der Waals surface area contributed by atoms with Gasteiger partial charge in [-0.2, -0.15) is 0 Å². The fraction of sp³-hybridized carbons (Fsp3) is 0.316. The van der Waals surface area contributed by atoms with E-state index in [4.69, 9.17) is 0 Å². The van der Waals surface area contributed by atoms with Crippen molar-refractivity contribution in [3.05, 3.63) is 44.6 Å². The molecular formula is C19H20N4O4S. The highest BCUT2D eigenvalue weighted by Crippen LogP contribution is 2.42. The maximum atomic E-state index is 12.6. The monoisotopic (exact) mass is 400 g/mol. The molecule has 0 aliphatic rings. The first-order chi connectivity index (χ1) is 13.5. The average molecular weight is 400 g/mol. The van der Waals surface area contributed by atoms with Crippen LogP contribution >= 0.6 is 11.3 Å². The molecule has 9 heteroatoms. The number of nitro benzene ring substituents is 1. The highest BCUT2D eigenvalue weighted by atomic mass is 32.1. The Labute approximate surface area is 163 Å². The Hall–Kier alpha value is -2.91. The maximum absolute atomic E-state index is 12.6. The van der Waals surface area contributed by atoms with E-state index >= 15 is 0 Å². The van der Waals surface area contributed by atoms with E-state index in [2.05, 4.69) is 23.8 Å². The summed E-state index contributed by atoms with van der Waals surface area (Å²) in [7, 11) is 0. The van der Waals surface area contributed by atoms with Crippen molar-refractivity contribution in [1.82, 2.24) is 14.7 Å². The molecule has 2 heterocycles. The Balaban J connectivity index is 2.07. The minimum atomic E-state index is -0.429. The molecule has 2 N–H and O–H groups in total. The van der Waals surface area contributed by atoms with E-state index in [0.29, 0.717) is 32.2 Å². The normalized spacial score (nSPS) is 12.0. The molecule has 0 saturated heterocycles. The van der Waals surface area contributed by atoms with Gasteiger partial charge in [0.05, 0.1) is 32.6 Å². The molecule has 0 fully saturated rings. The average Bonchev–Trinajstić information content (AvgIpc) is 3.05. The molecule has 0 saturated carbocycles. The molecule has 146 valence electrons. The van der Waals surface area contributed by atoms with Crippen LogP contribution in [0.1, 0.15) is 13.8 Å². The molecule has 28 heavy (non-hydrogen) atoms. The molecule has 2 aromatic carbocycles. The standard InChI is InChI=1S/C19H20N4O4S/c1-3-21(4-2)9-10-22-11-5-6-12(23(26)27)18-15(11)17(20-22)16-13(24)7-8-14(25)19(16)28-18/h5-8,20,25H,3-4,9-10H2,1-2H3. The summed E-state index contributed by atoms with van der Waals surface area (Å²) in [5, 5.41) is 26.1. The van der Waals surface area contributed by atoms with Gasteiger partial charge >= 0.3 is 0 Å². The highest BCUT2D eigenvalue weighted by Gasteiger charge is 2.23. The number of hydrogen-bond acceptors (Lipinski definition) is 6. The Kier molecular flexibility index (Phi) is 4.56. The summed E-state index contributed by atoms with van der Waals surface area (Å²) in [6.07, 6.45) is 0. The van der Waals surface area contributed by atoms with Crippen LogP contribution in [0.3, 0.4) is 0 Å². The Morgan fingerprint density at radius 3 is 2.61 bits per heavy atom. The number of nitro groups is 1. The van der Waals surface area contributed by atoms with Crippen molar-refractivity contribution in [2.45, 2.75) is 20.4 Å². The summed E-state index contributed by atoms with van der Waals surface area (Å²) in [6.45, 7) is 7.52. The number of benzene rings is 2. The fourth-order valence-electron chi connectivity index (χ4n) is 3.66. The number of hydrogen-bond donors (Lipinski definition) is 2. The van der Waals surface area contributed by atoms with E-state index in [9.17, 15) is 20.0 Å². The molecule has 0 unspecified atom stereocenters. The van der Waals surface area contributed by atoms with Gasteiger partial charge in [0.25, 0.3) is 5.69 Å². The maximum Gasteiger partial charge on any atom is 0.287 e. The number of aromatic hydroxyl groups is 1. The van der Waals surface area contributed by atoms with Crippen LogP contribution < -0.4 is 5.43 Å². The van der Waals surface area contributed by atoms with Crippen molar-refractivity contribution in [2.75, 3.05) is 19.6 Å². The van der Waals surface area contributed by atoms with Crippen molar-refractivity contribution >= 4 is 48.2 Å². The number of likely N-dealkylation sites (N-methyl/N-ethyl adjacent to an activating group) is 1. The lowest BCUT2D eigenvalue weighted by atomic mass is 10.1. The third-order valence-electron chi connectivity index (χ3n) is 5.19. The number of non-ortho nitro benzene ring substituents is 1. The Bertz CT molecular complexity index is 1270. The number of aromatic amines is 1. The Morgan fingerprint density at radius 2 is 1.93 bits per heavy atom. The van der Waals surface area contributed by atoms with Gasteiger partial charge in [-0.05, 0) is 31.3 Å². The zero-order valence-corrected chi connectivity index (χ0v) is 16.4. The number of H-pyrrole nitrogens is 1. The topological polar surface area (TPSA) is 104 Å². The van der Waals surface area contributed by atoms with E-state index in [-0.39, 0.29) is 16.9 Å².